The molecule has 122 valence electrons. The molecule has 0 saturated carbocycles. The van der Waals surface area contributed by atoms with Crippen molar-refractivity contribution in [2.24, 2.45) is 5.92 Å². The third-order valence-electron chi connectivity index (χ3n) is 3.43. The first-order valence-electron chi connectivity index (χ1n) is 7.14. The number of nitrogens with one attached hydrogen (secondary N) is 1. The number of ether oxygens (including phenoxy) is 1. The molecule has 2 rings (SSSR count). The van der Waals surface area contributed by atoms with E-state index < -0.39 is 17.8 Å². The van der Waals surface area contributed by atoms with E-state index in [1.165, 1.54) is 6.92 Å². The van der Waals surface area contributed by atoms with E-state index in [1.54, 1.807) is 17.9 Å². The third-order valence-corrected chi connectivity index (χ3v) is 3.43. The summed E-state index contributed by atoms with van der Waals surface area (Å²) in [4.78, 5) is 22.8. The zero-order chi connectivity index (χ0) is 17.0. The highest BCUT2D eigenvalue weighted by Crippen LogP contribution is 2.16. The Morgan fingerprint density at radius 3 is 2.57 bits per heavy atom. The molecule has 1 aromatic carbocycles. The van der Waals surface area contributed by atoms with Crippen molar-refractivity contribution in [3.8, 4) is 11.4 Å². The fraction of sp³-hybridized carbons (Fsp3) is 0.312. The fourth-order valence-electron chi connectivity index (χ4n) is 1.99. The molecular formula is C16H19N3O4. The third kappa shape index (κ3) is 3.88. The van der Waals surface area contributed by atoms with Gasteiger partial charge in [0.1, 0.15) is 5.75 Å². The molecular weight excluding hydrogens is 298 g/mol. The van der Waals surface area contributed by atoms with E-state index in [1.807, 2.05) is 31.2 Å². The Kier molecular flexibility index (Phi) is 5.00. The van der Waals surface area contributed by atoms with Crippen LogP contribution in [0.25, 0.3) is 5.69 Å². The number of aromatic nitrogens is 2. The molecule has 2 N–H and O–H groups in total. The minimum Gasteiger partial charge on any atom is -0.497 e. The highest BCUT2D eigenvalue weighted by Gasteiger charge is 2.16. The number of carboxylic acids is 1. The number of rotatable bonds is 6. The highest BCUT2D eigenvalue weighted by molar-refractivity contribution is 5.92. The normalized spacial score (nSPS) is 11.8. The van der Waals surface area contributed by atoms with Crippen LogP contribution in [-0.4, -0.2) is 40.4 Å². The molecule has 1 heterocycles. The predicted molar refractivity (Wildman–Crippen MR) is 84.0 cm³/mol. The van der Waals surface area contributed by atoms with Crippen LogP contribution >= 0.6 is 0 Å². The second-order valence-electron chi connectivity index (χ2n) is 5.23. The molecule has 23 heavy (non-hydrogen) atoms. The minimum absolute atomic E-state index is 0.0581. The first-order valence-corrected chi connectivity index (χ1v) is 7.14. The first-order chi connectivity index (χ1) is 10.9. The van der Waals surface area contributed by atoms with Crippen LogP contribution in [0.5, 0.6) is 5.75 Å². The summed E-state index contributed by atoms with van der Waals surface area (Å²) >= 11 is 0. The van der Waals surface area contributed by atoms with Gasteiger partial charge in [-0.2, -0.15) is 5.10 Å². The monoisotopic (exact) mass is 317 g/mol. The molecule has 0 saturated heterocycles. The summed E-state index contributed by atoms with van der Waals surface area (Å²) in [6, 6.07) is 8.96. The molecule has 1 aromatic heterocycles. The zero-order valence-electron chi connectivity index (χ0n) is 13.2. The lowest BCUT2D eigenvalue weighted by molar-refractivity contribution is -0.140. The molecule has 2 aromatic rings. The van der Waals surface area contributed by atoms with Gasteiger partial charge in [0.15, 0.2) is 5.69 Å². The van der Waals surface area contributed by atoms with Crippen molar-refractivity contribution in [3.63, 3.8) is 0 Å². The van der Waals surface area contributed by atoms with Gasteiger partial charge in [-0.15, -0.1) is 0 Å². The van der Waals surface area contributed by atoms with Crippen LogP contribution < -0.4 is 10.1 Å². The number of benzene rings is 1. The number of carbonyl (C=O) groups excluding carboxylic acids is 1. The average Bonchev–Trinajstić information content (AvgIpc) is 2.94. The smallest absolute Gasteiger partial charge is 0.308 e. The molecule has 0 bridgehead atoms. The molecule has 0 spiro atoms. The summed E-state index contributed by atoms with van der Waals surface area (Å²) in [6.07, 6.45) is 0. The van der Waals surface area contributed by atoms with Crippen LogP contribution in [0.2, 0.25) is 0 Å². The van der Waals surface area contributed by atoms with Crippen molar-refractivity contribution >= 4 is 11.9 Å². The Morgan fingerprint density at radius 2 is 2.00 bits per heavy atom. The maximum atomic E-state index is 12.1. The van der Waals surface area contributed by atoms with Crippen molar-refractivity contribution in [1.29, 1.82) is 0 Å². The van der Waals surface area contributed by atoms with Gasteiger partial charge in [-0.25, -0.2) is 4.68 Å². The molecule has 7 heteroatoms. The molecule has 1 unspecified atom stereocenters. The number of amides is 1. The van der Waals surface area contributed by atoms with Gasteiger partial charge in [0.25, 0.3) is 5.91 Å². The summed E-state index contributed by atoms with van der Waals surface area (Å²) in [5.41, 5.74) is 1.85. The van der Waals surface area contributed by atoms with Crippen molar-refractivity contribution in [2.45, 2.75) is 13.8 Å². The Bertz CT molecular complexity index is 707. The lowest BCUT2D eigenvalue weighted by atomic mass is 10.2. The maximum Gasteiger partial charge on any atom is 0.308 e. The number of aryl methyl sites for hydroxylation is 1. The van der Waals surface area contributed by atoms with Gasteiger partial charge in [-0.05, 0) is 37.3 Å². The standard InChI is InChI=1S/C16H19N3O4/c1-10(16(21)22)9-17-15(20)14-8-11(2)19(18-14)12-4-6-13(23-3)7-5-12/h4-8,10H,9H2,1-3H3,(H,17,20)(H,21,22). The predicted octanol–water partition coefficient (Wildman–Crippen LogP) is 1.64. The van der Waals surface area contributed by atoms with E-state index in [-0.39, 0.29) is 12.2 Å². The van der Waals surface area contributed by atoms with Gasteiger partial charge in [0.2, 0.25) is 0 Å². The Hall–Kier alpha value is -2.83. The van der Waals surface area contributed by atoms with Crippen molar-refractivity contribution in [1.82, 2.24) is 15.1 Å². The lowest BCUT2D eigenvalue weighted by Crippen LogP contribution is -2.31. The molecule has 0 fully saturated rings. The first kappa shape index (κ1) is 16.5. The molecule has 0 aliphatic heterocycles. The largest absolute Gasteiger partial charge is 0.497 e. The Balaban J connectivity index is 2.13. The van der Waals surface area contributed by atoms with E-state index in [4.69, 9.17) is 9.84 Å². The van der Waals surface area contributed by atoms with Crippen LogP contribution in [0.3, 0.4) is 0 Å². The van der Waals surface area contributed by atoms with E-state index in [9.17, 15) is 9.59 Å². The summed E-state index contributed by atoms with van der Waals surface area (Å²) < 4.78 is 6.76. The zero-order valence-corrected chi connectivity index (χ0v) is 13.2. The van der Waals surface area contributed by atoms with Crippen molar-refractivity contribution < 1.29 is 19.4 Å². The summed E-state index contributed by atoms with van der Waals surface area (Å²) in [7, 11) is 1.59. The van der Waals surface area contributed by atoms with Crippen LogP contribution in [0, 0.1) is 12.8 Å². The van der Waals surface area contributed by atoms with E-state index in [0.29, 0.717) is 0 Å². The van der Waals surface area contributed by atoms with Crippen LogP contribution in [0.4, 0.5) is 0 Å². The number of hydrogen-bond donors (Lipinski definition) is 2. The van der Waals surface area contributed by atoms with Gasteiger partial charge in [0, 0.05) is 12.2 Å². The molecule has 1 atom stereocenters. The van der Waals surface area contributed by atoms with Gasteiger partial charge >= 0.3 is 5.97 Å². The van der Waals surface area contributed by atoms with Gasteiger partial charge in [-0.1, -0.05) is 6.92 Å². The number of carbonyl (C=O) groups is 2. The summed E-state index contributed by atoms with van der Waals surface area (Å²) in [5, 5.41) is 15.7. The second-order valence-corrected chi connectivity index (χ2v) is 5.23. The highest BCUT2D eigenvalue weighted by atomic mass is 16.5. The van der Waals surface area contributed by atoms with E-state index in [0.717, 1.165) is 17.1 Å². The number of aliphatic carboxylic acids is 1. The molecule has 0 aliphatic rings. The van der Waals surface area contributed by atoms with Gasteiger partial charge in [-0.3, -0.25) is 9.59 Å². The quantitative estimate of drug-likeness (QED) is 0.845. The second kappa shape index (κ2) is 6.95. The van der Waals surface area contributed by atoms with Crippen molar-refractivity contribution in [2.75, 3.05) is 13.7 Å². The lowest BCUT2D eigenvalue weighted by Gasteiger charge is -2.07. The number of hydrogen-bond acceptors (Lipinski definition) is 4. The number of nitrogens with zero attached hydrogens (tertiary/aromatic N) is 2. The van der Waals surface area contributed by atoms with Crippen LogP contribution in [0.1, 0.15) is 23.1 Å². The fourth-order valence-corrected chi connectivity index (χ4v) is 1.99. The van der Waals surface area contributed by atoms with Gasteiger partial charge in [0.05, 0.1) is 18.7 Å². The van der Waals surface area contributed by atoms with Crippen molar-refractivity contribution in [3.05, 3.63) is 41.7 Å². The summed E-state index contributed by atoms with van der Waals surface area (Å²) in [5.74, 6) is -1.26. The van der Waals surface area contributed by atoms with Crippen LogP contribution in [-0.2, 0) is 4.79 Å². The number of carboxylic acid groups (broad SMARTS) is 1. The Labute approximate surface area is 133 Å². The SMILES string of the molecule is COc1ccc(-n2nc(C(=O)NCC(C)C(=O)O)cc2C)cc1. The Morgan fingerprint density at radius 1 is 1.35 bits per heavy atom. The van der Waals surface area contributed by atoms with Crippen LogP contribution in [0.15, 0.2) is 30.3 Å². The minimum atomic E-state index is -0.953. The van der Waals surface area contributed by atoms with E-state index >= 15 is 0 Å². The molecule has 0 radical (unpaired) electrons. The topological polar surface area (TPSA) is 93.5 Å². The van der Waals surface area contributed by atoms with Gasteiger partial charge < -0.3 is 15.2 Å². The molecule has 0 aliphatic carbocycles. The van der Waals surface area contributed by atoms with E-state index in [2.05, 4.69) is 10.4 Å². The maximum absolute atomic E-state index is 12.1. The summed E-state index contributed by atoms with van der Waals surface area (Å²) in [6.45, 7) is 3.43. The molecule has 1 amide bonds. The average molecular weight is 317 g/mol. The molecule has 7 nitrogen and oxygen atoms in total. The number of methoxy groups -OCH3 is 1.